The number of ether oxygens (including phenoxy) is 2. The van der Waals surface area contributed by atoms with Crippen molar-refractivity contribution in [2.45, 2.75) is 6.92 Å². The second-order valence-corrected chi connectivity index (χ2v) is 7.24. The summed E-state index contributed by atoms with van der Waals surface area (Å²) in [7, 11) is 3.08. The van der Waals surface area contributed by atoms with E-state index in [1.54, 1.807) is 49.6 Å². The van der Waals surface area contributed by atoms with E-state index in [0.717, 1.165) is 33.5 Å². The first-order valence-electron chi connectivity index (χ1n) is 8.76. The number of benzene rings is 2. The summed E-state index contributed by atoms with van der Waals surface area (Å²) in [6.45, 7) is 1.52. The van der Waals surface area contributed by atoms with Crippen molar-refractivity contribution in [3.63, 3.8) is 0 Å². The number of amides is 3. The highest BCUT2D eigenvalue weighted by molar-refractivity contribution is 8.18. The molecular formula is C21H20N2O5S. The maximum Gasteiger partial charge on any atom is 0.294 e. The molecule has 0 aliphatic carbocycles. The Bertz CT molecular complexity index is 1000. The third kappa shape index (κ3) is 4.60. The predicted octanol–water partition coefficient (Wildman–Crippen LogP) is 3.69. The van der Waals surface area contributed by atoms with Gasteiger partial charge in [-0.2, -0.15) is 0 Å². The van der Waals surface area contributed by atoms with Crippen molar-refractivity contribution in [2.75, 3.05) is 26.1 Å². The highest BCUT2D eigenvalue weighted by Crippen LogP contribution is 2.33. The van der Waals surface area contributed by atoms with Gasteiger partial charge in [0.05, 0.1) is 24.8 Å². The molecule has 1 fully saturated rings. The molecule has 0 unspecified atom stereocenters. The van der Waals surface area contributed by atoms with Crippen LogP contribution in [-0.2, 0) is 9.59 Å². The van der Waals surface area contributed by atoms with Gasteiger partial charge in [-0.05, 0) is 60.2 Å². The smallest absolute Gasteiger partial charge is 0.294 e. The molecule has 0 bridgehead atoms. The summed E-state index contributed by atoms with van der Waals surface area (Å²) in [6, 6.07) is 12.4. The lowest BCUT2D eigenvalue weighted by atomic mass is 10.1. The number of carbonyl (C=O) groups is 3. The van der Waals surface area contributed by atoms with Gasteiger partial charge in [-0.25, -0.2) is 0 Å². The van der Waals surface area contributed by atoms with Crippen LogP contribution in [0.25, 0.3) is 6.08 Å². The molecule has 2 aromatic carbocycles. The van der Waals surface area contributed by atoms with E-state index in [4.69, 9.17) is 9.47 Å². The molecule has 3 rings (SSSR count). The number of hydrogen-bond donors (Lipinski definition) is 1. The first-order chi connectivity index (χ1) is 13.9. The van der Waals surface area contributed by atoms with Crippen LogP contribution in [-0.4, -0.2) is 42.7 Å². The Balaban J connectivity index is 1.72. The molecule has 3 amide bonds. The molecule has 0 spiro atoms. The quantitative estimate of drug-likeness (QED) is 0.729. The predicted molar refractivity (Wildman–Crippen MR) is 112 cm³/mol. The average molecular weight is 412 g/mol. The minimum Gasteiger partial charge on any atom is -0.496 e. The van der Waals surface area contributed by atoms with E-state index in [0.29, 0.717) is 11.4 Å². The van der Waals surface area contributed by atoms with Gasteiger partial charge in [-0.1, -0.05) is 18.2 Å². The Hall–Kier alpha value is -3.26. The number of rotatable bonds is 6. The molecule has 1 heterocycles. The molecule has 1 saturated heterocycles. The molecule has 29 heavy (non-hydrogen) atoms. The molecule has 0 radical (unpaired) electrons. The van der Waals surface area contributed by atoms with Crippen LogP contribution in [0.5, 0.6) is 11.5 Å². The summed E-state index contributed by atoms with van der Waals surface area (Å²) in [5.41, 5.74) is 2.15. The lowest BCUT2D eigenvalue weighted by Crippen LogP contribution is -2.36. The van der Waals surface area contributed by atoms with E-state index >= 15 is 0 Å². The van der Waals surface area contributed by atoms with Crippen molar-refractivity contribution in [1.82, 2.24) is 4.90 Å². The number of nitrogens with zero attached hydrogens (tertiary/aromatic N) is 1. The van der Waals surface area contributed by atoms with Crippen molar-refractivity contribution < 1.29 is 23.9 Å². The van der Waals surface area contributed by atoms with Gasteiger partial charge >= 0.3 is 0 Å². The van der Waals surface area contributed by atoms with Crippen LogP contribution in [0.15, 0.2) is 47.4 Å². The molecule has 0 atom stereocenters. The number of imide groups is 1. The molecule has 2 aromatic rings. The van der Waals surface area contributed by atoms with Crippen molar-refractivity contribution in [3.05, 3.63) is 58.5 Å². The number of anilines is 1. The fraction of sp³-hybridized carbons (Fsp3) is 0.190. The van der Waals surface area contributed by atoms with Gasteiger partial charge in [0.15, 0.2) is 0 Å². The SMILES string of the molecule is COc1ccc(/C=C2\SC(=O)N(CC(=O)Nc3ccccc3OC)C2=O)cc1C. The van der Waals surface area contributed by atoms with Crippen LogP contribution in [0.1, 0.15) is 11.1 Å². The second-order valence-electron chi connectivity index (χ2n) is 6.25. The number of hydrogen-bond acceptors (Lipinski definition) is 6. The number of carbonyl (C=O) groups excluding carboxylic acids is 3. The van der Waals surface area contributed by atoms with Gasteiger partial charge in [0, 0.05) is 0 Å². The van der Waals surface area contributed by atoms with Crippen LogP contribution in [0.2, 0.25) is 0 Å². The highest BCUT2D eigenvalue weighted by Gasteiger charge is 2.36. The van der Waals surface area contributed by atoms with E-state index in [9.17, 15) is 14.4 Å². The molecule has 1 N–H and O–H groups in total. The first kappa shape index (κ1) is 20.5. The van der Waals surface area contributed by atoms with Gasteiger partial charge < -0.3 is 14.8 Å². The van der Waals surface area contributed by atoms with E-state index < -0.39 is 17.1 Å². The Morgan fingerprint density at radius 3 is 2.52 bits per heavy atom. The van der Waals surface area contributed by atoms with Crippen molar-refractivity contribution in [3.8, 4) is 11.5 Å². The van der Waals surface area contributed by atoms with Crippen molar-refractivity contribution in [2.24, 2.45) is 0 Å². The average Bonchev–Trinajstić information content (AvgIpc) is 2.96. The summed E-state index contributed by atoms with van der Waals surface area (Å²) < 4.78 is 10.4. The maximum absolute atomic E-state index is 12.6. The number of thioether (sulfide) groups is 1. The Morgan fingerprint density at radius 1 is 1.10 bits per heavy atom. The van der Waals surface area contributed by atoms with E-state index in [-0.39, 0.29) is 11.4 Å². The number of aryl methyl sites for hydroxylation is 1. The van der Waals surface area contributed by atoms with Gasteiger partial charge in [0.1, 0.15) is 18.0 Å². The zero-order valence-electron chi connectivity index (χ0n) is 16.2. The third-order valence-corrected chi connectivity index (χ3v) is 5.18. The van der Waals surface area contributed by atoms with Gasteiger partial charge in [0.2, 0.25) is 5.91 Å². The number of para-hydroxylation sites is 2. The summed E-state index contributed by atoms with van der Waals surface area (Å²) in [4.78, 5) is 38.4. The Labute approximate surface area is 172 Å². The van der Waals surface area contributed by atoms with E-state index in [1.165, 1.54) is 7.11 Å². The summed E-state index contributed by atoms with van der Waals surface area (Å²) in [6.07, 6.45) is 1.63. The third-order valence-electron chi connectivity index (χ3n) is 4.27. The fourth-order valence-electron chi connectivity index (χ4n) is 2.86. The summed E-state index contributed by atoms with van der Waals surface area (Å²) >= 11 is 0.811. The number of nitrogens with one attached hydrogen (secondary N) is 1. The van der Waals surface area contributed by atoms with Gasteiger partial charge in [-0.3, -0.25) is 19.3 Å². The van der Waals surface area contributed by atoms with Crippen LogP contribution >= 0.6 is 11.8 Å². The lowest BCUT2D eigenvalue weighted by molar-refractivity contribution is -0.127. The molecule has 1 aliphatic rings. The normalized spacial score (nSPS) is 15.0. The van der Waals surface area contributed by atoms with Crippen molar-refractivity contribution in [1.29, 1.82) is 0 Å². The van der Waals surface area contributed by atoms with Crippen LogP contribution in [0, 0.1) is 6.92 Å². The standard InChI is InChI=1S/C21H20N2O5S/c1-13-10-14(8-9-16(13)27-2)11-18-20(25)23(21(26)29-18)12-19(24)22-15-6-4-5-7-17(15)28-3/h4-11H,12H2,1-3H3,(H,22,24)/b18-11-. The second kappa shape index (κ2) is 8.83. The lowest BCUT2D eigenvalue weighted by Gasteiger charge is -2.14. The monoisotopic (exact) mass is 412 g/mol. The molecule has 150 valence electrons. The Morgan fingerprint density at radius 2 is 1.83 bits per heavy atom. The maximum atomic E-state index is 12.6. The topological polar surface area (TPSA) is 84.9 Å². The largest absolute Gasteiger partial charge is 0.496 e. The molecular weight excluding hydrogens is 392 g/mol. The minimum atomic E-state index is -0.497. The Kier molecular flexibility index (Phi) is 6.23. The summed E-state index contributed by atoms with van der Waals surface area (Å²) in [5, 5.41) is 2.18. The zero-order chi connectivity index (χ0) is 21.0. The van der Waals surface area contributed by atoms with Crippen LogP contribution in [0.3, 0.4) is 0 Å². The first-order valence-corrected chi connectivity index (χ1v) is 9.57. The van der Waals surface area contributed by atoms with Crippen molar-refractivity contribution >= 4 is 40.6 Å². The van der Waals surface area contributed by atoms with Crippen LogP contribution < -0.4 is 14.8 Å². The fourth-order valence-corrected chi connectivity index (χ4v) is 3.70. The van der Waals surface area contributed by atoms with Gasteiger partial charge in [-0.15, -0.1) is 0 Å². The van der Waals surface area contributed by atoms with E-state index in [2.05, 4.69) is 5.32 Å². The summed E-state index contributed by atoms with van der Waals surface area (Å²) in [5.74, 6) is 0.245. The van der Waals surface area contributed by atoms with Gasteiger partial charge in [0.25, 0.3) is 11.1 Å². The zero-order valence-corrected chi connectivity index (χ0v) is 17.0. The molecule has 1 aliphatic heterocycles. The van der Waals surface area contributed by atoms with E-state index in [1.807, 2.05) is 13.0 Å². The van der Waals surface area contributed by atoms with Crippen LogP contribution in [0.4, 0.5) is 10.5 Å². The minimum absolute atomic E-state index is 0.268. The molecule has 0 saturated carbocycles. The molecule has 0 aromatic heterocycles. The number of methoxy groups -OCH3 is 2. The highest BCUT2D eigenvalue weighted by atomic mass is 32.2. The molecule has 7 nitrogen and oxygen atoms in total. The molecule has 8 heteroatoms.